The molecule has 9 nitrogen and oxygen atoms in total. The first-order chi connectivity index (χ1) is 18.5. The van der Waals surface area contributed by atoms with Gasteiger partial charge in [0.05, 0.1) is 28.7 Å². The molecule has 3 heterocycles. The minimum absolute atomic E-state index is 0.135. The molecule has 39 heavy (non-hydrogen) atoms. The number of piperazine rings is 1. The Labute approximate surface area is 233 Å². The molecule has 0 spiro atoms. The Bertz CT molecular complexity index is 1700. The second-order valence-corrected chi connectivity index (χ2v) is 12.3. The van der Waals surface area contributed by atoms with Crippen molar-refractivity contribution >= 4 is 49.4 Å². The molecule has 1 N–H and O–H groups in total. The van der Waals surface area contributed by atoms with Crippen LogP contribution in [0.1, 0.15) is 24.4 Å². The summed E-state index contributed by atoms with van der Waals surface area (Å²) in [7, 11) is -1.65. The van der Waals surface area contributed by atoms with Crippen LogP contribution in [0.4, 0.5) is 17.2 Å². The third kappa shape index (κ3) is 5.44. The van der Waals surface area contributed by atoms with Crippen molar-refractivity contribution in [3.05, 3.63) is 81.6 Å². The van der Waals surface area contributed by atoms with Gasteiger partial charge in [0.15, 0.2) is 9.84 Å². The molecule has 5 rings (SSSR count). The standard InChI is InChI=1S/C28H31ClN6O3S/c1-18(32-25-7-5-6-8-26(25)39(4,37)38)22-13-20(29)14-24-23(22)15-27(33(3)28(24)36)35-11-9-34(10-12-35)21-16-30-19(2)31-17-21/h5-8,13-18,32H,9-12H2,1-4H3/t18-/m1/s1. The van der Waals surface area contributed by atoms with E-state index in [1.54, 1.807) is 41.9 Å². The number of pyridine rings is 1. The molecule has 2 aromatic carbocycles. The number of anilines is 3. The maximum atomic E-state index is 13.5. The summed E-state index contributed by atoms with van der Waals surface area (Å²) < 4.78 is 26.4. The molecule has 1 saturated heterocycles. The Morgan fingerprint density at radius 1 is 0.974 bits per heavy atom. The van der Waals surface area contributed by atoms with E-state index in [4.69, 9.17) is 11.6 Å². The van der Waals surface area contributed by atoms with Crippen molar-refractivity contribution in [2.45, 2.75) is 24.8 Å². The van der Waals surface area contributed by atoms with Crippen LogP contribution in [0.3, 0.4) is 0 Å². The van der Waals surface area contributed by atoms with Crippen molar-refractivity contribution in [1.29, 1.82) is 0 Å². The van der Waals surface area contributed by atoms with E-state index in [9.17, 15) is 13.2 Å². The molecule has 0 unspecified atom stereocenters. The van der Waals surface area contributed by atoms with Crippen LogP contribution in [0.5, 0.6) is 0 Å². The summed E-state index contributed by atoms with van der Waals surface area (Å²) in [6.45, 7) is 6.79. The summed E-state index contributed by atoms with van der Waals surface area (Å²) in [5.74, 6) is 1.56. The molecule has 204 valence electrons. The summed E-state index contributed by atoms with van der Waals surface area (Å²) in [6.07, 6.45) is 4.88. The molecular weight excluding hydrogens is 536 g/mol. The van der Waals surface area contributed by atoms with Gasteiger partial charge >= 0.3 is 0 Å². The van der Waals surface area contributed by atoms with Gasteiger partial charge in [-0.05, 0) is 55.1 Å². The number of aryl methyl sites for hydroxylation is 1. The Morgan fingerprint density at radius 2 is 1.62 bits per heavy atom. The van der Waals surface area contributed by atoms with E-state index in [1.165, 1.54) is 6.26 Å². The van der Waals surface area contributed by atoms with Gasteiger partial charge in [-0.1, -0.05) is 23.7 Å². The number of rotatable bonds is 6. The zero-order valence-corrected chi connectivity index (χ0v) is 23.9. The highest BCUT2D eigenvalue weighted by atomic mass is 35.5. The third-order valence-electron chi connectivity index (χ3n) is 7.19. The molecule has 11 heteroatoms. The van der Waals surface area contributed by atoms with E-state index < -0.39 is 9.84 Å². The predicted octanol–water partition coefficient (Wildman–Crippen LogP) is 4.19. The van der Waals surface area contributed by atoms with Crippen molar-refractivity contribution in [3.8, 4) is 0 Å². The van der Waals surface area contributed by atoms with Gasteiger partial charge in [0.25, 0.3) is 5.56 Å². The van der Waals surface area contributed by atoms with E-state index in [-0.39, 0.29) is 16.5 Å². The molecule has 0 bridgehead atoms. The first-order valence-corrected chi connectivity index (χ1v) is 15.0. The fraction of sp³-hybridized carbons (Fsp3) is 0.321. The Kier molecular flexibility index (Phi) is 7.26. The lowest BCUT2D eigenvalue weighted by atomic mass is 10.00. The van der Waals surface area contributed by atoms with E-state index in [0.29, 0.717) is 16.1 Å². The molecule has 1 aliphatic rings. The van der Waals surface area contributed by atoms with Crippen molar-refractivity contribution in [2.75, 3.05) is 47.6 Å². The van der Waals surface area contributed by atoms with Gasteiger partial charge in [-0.15, -0.1) is 0 Å². The summed E-state index contributed by atoms with van der Waals surface area (Å²) in [5.41, 5.74) is 2.17. The number of fused-ring (bicyclic) bond motifs is 1. The summed E-state index contributed by atoms with van der Waals surface area (Å²) in [6, 6.07) is 12.0. The van der Waals surface area contributed by atoms with Crippen LogP contribution in [0.15, 0.2) is 64.5 Å². The van der Waals surface area contributed by atoms with Gasteiger partial charge in [-0.2, -0.15) is 0 Å². The maximum Gasteiger partial charge on any atom is 0.259 e. The van der Waals surface area contributed by atoms with Crippen molar-refractivity contribution in [2.24, 2.45) is 7.05 Å². The topological polar surface area (TPSA) is 100 Å². The molecule has 1 atom stereocenters. The lowest BCUT2D eigenvalue weighted by molar-refractivity contribution is 0.602. The Balaban J connectivity index is 1.49. The Morgan fingerprint density at radius 3 is 2.28 bits per heavy atom. The number of nitrogens with zero attached hydrogens (tertiary/aromatic N) is 5. The average Bonchev–Trinajstić information content (AvgIpc) is 2.91. The summed E-state index contributed by atoms with van der Waals surface area (Å²) in [5, 5.41) is 5.08. The highest BCUT2D eigenvalue weighted by molar-refractivity contribution is 7.90. The fourth-order valence-corrected chi connectivity index (χ4v) is 6.19. The molecular formula is C28H31ClN6O3S. The zero-order chi connectivity index (χ0) is 27.9. The van der Waals surface area contributed by atoms with Crippen LogP contribution in [0.25, 0.3) is 10.8 Å². The van der Waals surface area contributed by atoms with Crippen LogP contribution >= 0.6 is 11.6 Å². The molecule has 0 radical (unpaired) electrons. The van der Waals surface area contributed by atoms with Crippen LogP contribution in [0, 0.1) is 6.92 Å². The molecule has 4 aromatic rings. The minimum Gasteiger partial charge on any atom is -0.377 e. The van der Waals surface area contributed by atoms with Crippen molar-refractivity contribution in [1.82, 2.24) is 14.5 Å². The second kappa shape index (κ2) is 10.5. The van der Waals surface area contributed by atoms with Crippen LogP contribution in [0.2, 0.25) is 5.02 Å². The first kappa shape index (κ1) is 27.0. The van der Waals surface area contributed by atoms with Gasteiger partial charge in [-0.3, -0.25) is 9.36 Å². The van der Waals surface area contributed by atoms with Gasteiger partial charge < -0.3 is 15.1 Å². The van der Waals surface area contributed by atoms with Gasteiger partial charge in [0, 0.05) is 55.9 Å². The molecule has 2 aromatic heterocycles. The van der Waals surface area contributed by atoms with Crippen molar-refractivity contribution in [3.63, 3.8) is 0 Å². The van der Waals surface area contributed by atoms with Crippen LogP contribution in [-0.4, -0.2) is 55.4 Å². The number of sulfone groups is 1. The van der Waals surface area contributed by atoms with E-state index in [2.05, 4.69) is 25.1 Å². The molecule has 1 aliphatic heterocycles. The smallest absolute Gasteiger partial charge is 0.259 e. The fourth-order valence-electron chi connectivity index (χ4n) is 5.11. The largest absolute Gasteiger partial charge is 0.377 e. The lowest BCUT2D eigenvalue weighted by Crippen LogP contribution is -2.48. The van der Waals surface area contributed by atoms with E-state index in [0.717, 1.165) is 54.5 Å². The molecule has 0 saturated carbocycles. The highest BCUT2D eigenvalue weighted by Gasteiger charge is 2.23. The summed E-state index contributed by atoms with van der Waals surface area (Å²) in [4.78, 5) is 26.8. The zero-order valence-electron chi connectivity index (χ0n) is 22.3. The van der Waals surface area contributed by atoms with Crippen LogP contribution < -0.4 is 20.7 Å². The van der Waals surface area contributed by atoms with Gasteiger partial charge in [-0.25, -0.2) is 18.4 Å². The number of hydrogen-bond acceptors (Lipinski definition) is 8. The quantitative estimate of drug-likeness (QED) is 0.371. The van der Waals surface area contributed by atoms with Gasteiger partial charge in [0.2, 0.25) is 0 Å². The van der Waals surface area contributed by atoms with Crippen LogP contribution in [-0.2, 0) is 16.9 Å². The Hall–Kier alpha value is -3.63. The molecule has 0 amide bonds. The maximum absolute atomic E-state index is 13.5. The second-order valence-electron chi connectivity index (χ2n) is 9.92. The predicted molar refractivity (Wildman–Crippen MR) is 157 cm³/mol. The number of para-hydroxylation sites is 1. The number of benzene rings is 2. The number of halogens is 1. The number of hydrogen-bond donors (Lipinski definition) is 1. The lowest BCUT2D eigenvalue weighted by Gasteiger charge is -2.37. The summed E-state index contributed by atoms with van der Waals surface area (Å²) >= 11 is 6.47. The van der Waals surface area contributed by atoms with E-state index in [1.807, 2.05) is 38.4 Å². The minimum atomic E-state index is -3.43. The monoisotopic (exact) mass is 566 g/mol. The average molecular weight is 567 g/mol. The molecule has 1 fully saturated rings. The number of aromatic nitrogens is 3. The normalized spacial score (nSPS) is 15.0. The van der Waals surface area contributed by atoms with E-state index >= 15 is 0 Å². The number of nitrogens with one attached hydrogen (secondary N) is 1. The highest BCUT2D eigenvalue weighted by Crippen LogP contribution is 2.33. The third-order valence-corrected chi connectivity index (χ3v) is 8.56. The SMILES string of the molecule is Cc1ncc(N2CCN(c3cc4c([C@@H](C)Nc5ccccc5S(C)(=O)=O)cc(Cl)cc4c(=O)n3C)CC2)cn1. The molecule has 0 aliphatic carbocycles. The van der Waals surface area contributed by atoms with Gasteiger partial charge in [0.1, 0.15) is 11.6 Å². The van der Waals surface area contributed by atoms with Crippen molar-refractivity contribution < 1.29 is 8.42 Å². The first-order valence-electron chi connectivity index (χ1n) is 12.7.